The molecule has 3 aromatic heterocycles. The largest absolute Gasteiger partial charge is 0.416 e. The Morgan fingerprint density at radius 2 is 1.89 bits per heavy atom. The Morgan fingerprint density at radius 1 is 1.08 bits per heavy atom. The summed E-state index contributed by atoms with van der Waals surface area (Å²) in [5.74, 6) is -1.01. The van der Waals surface area contributed by atoms with Crippen LogP contribution in [-0.4, -0.2) is 36.1 Å². The smallest absolute Gasteiger partial charge is 0.373 e. The number of hydrogen-bond acceptors (Lipinski definition) is 6. The van der Waals surface area contributed by atoms with Crippen molar-refractivity contribution in [2.24, 2.45) is 7.05 Å². The van der Waals surface area contributed by atoms with Crippen LogP contribution in [0, 0.1) is 5.82 Å². The number of hydrogen-bond donors (Lipinski definition) is 0. The quantitative estimate of drug-likeness (QED) is 0.367. The monoisotopic (exact) mass is 514 g/mol. The van der Waals surface area contributed by atoms with Crippen molar-refractivity contribution in [2.45, 2.75) is 49.9 Å². The van der Waals surface area contributed by atoms with E-state index in [1.165, 1.54) is 13.2 Å². The van der Waals surface area contributed by atoms with E-state index in [-0.39, 0.29) is 34.2 Å². The Kier molecular flexibility index (Phi) is 5.59. The molecular formula is C25H22F4N6O2. The van der Waals surface area contributed by atoms with Crippen LogP contribution in [0.2, 0.25) is 0 Å². The Morgan fingerprint density at radius 3 is 2.62 bits per heavy atom. The predicted molar refractivity (Wildman–Crippen MR) is 124 cm³/mol. The van der Waals surface area contributed by atoms with Crippen molar-refractivity contribution in [3.63, 3.8) is 0 Å². The molecule has 37 heavy (non-hydrogen) atoms. The van der Waals surface area contributed by atoms with Crippen LogP contribution in [-0.2, 0) is 18.0 Å². The molecule has 2 aliphatic rings. The van der Waals surface area contributed by atoms with E-state index in [0.717, 1.165) is 35.2 Å². The molecule has 1 aliphatic carbocycles. The normalized spacial score (nSPS) is 20.5. The number of alkyl halides is 3. The summed E-state index contributed by atoms with van der Waals surface area (Å²) in [6.45, 7) is 0.420. The van der Waals surface area contributed by atoms with Crippen molar-refractivity contribution in [3.8, 4) is 11.3 Å². The number of fused-ring (bicyclic) bond motifs is 1. The van der Waals surface area contributed by atoms with Gasteiger partial charge in [0.2, 0.25) is 0 Å². The molecule has 1 saturated heterocycles. The molecule has 2 fully saturated rings. The van der Waals surface area contributed by atoms with Gasteiger partial charge >= 0.3 is 6.18 Å². The summed E-state index contributed by atoms with van der Waals surface area (Å²) in [5, 5.41) is 8.59. The first kappa shape index (κ1) is 23.7. The highest BCUT2D eigenvalue weighted by Crippen LogP contribution is 2.40. The molecule has 0 radical (unpaired) electrons. The first-order valence-corrected chi connectivity index (χ1v) is 12.0. The summed E-state index contributed by atoms with van der Waals surface area (Å²) >= 11 is 0. The standard InChI is InChI=1S/C25H22F4N6O2/c1-34-24(36)22-18(11-30-34)21(17-5-2-15(9-19(17)26)25(27,28)29)32-23(33-22)13-6-7-37-20(8-13)14-10-31-35(12-14)16-3-4-16/h2,5,9-13,16,20H,3-4,6-8H2,1H3/t13-,20-/m1/s1. The van der Waals surface area contributed by atoms with E-state index in [0.29, 0.717) is 37.4 Å². The molecule has 192 valence electrons. The third kappa shape index (κ3) is 4.39. The number of aromatic nitrogens is 6. The van der Waals surface area contributed by atoms with Gasteiger partial charge in [-0.15, -0.1) is 0 Å². The molecular weight excluding hydrogens is 492 g/mol. The summed E-state index contributed by atoms with van der Waals surface area (Å²) < 4.78 is 63.4. The molecule has 0 unspecified atom stereocenters. The van der Waals surface area contributed by atoms with Crippen LogP contribution < -0.4 is 5.56 Å². The van der Waals surface area contributed by atoms with Crippen LogP contribution in [0.5, 0.6) is 0 Å². The van der Waals surface area contributed by atoms with E-state index in [1.54, 1.807) is 6.20 Å². The van der Waals surface area contributed by atoms with E-state index >= 15 is 4.39 Å². The van der Waals surface area contributed by atoms with Crippen molar-refractivity contribution >= 4 is 10.9 Å². The van der Waals surface area contributed by atoms with Crippen molar-refractivity contribution in [2.75, 3.05) is 6.61 Å². The van der Waals surface area contributed by atoms with Crippen molar-refractivity contribution in [3.05, 3.63) is 69.9 Å². The SMILES string of the molecule is Cn1ncc2c(-c3ccc(C(F)(F)F)cc3F)nc([C@@H]3CCO[C@@H](c4cnn(C5CC5)c4)C3)nc2c1=O. The number of aryl methyl sites for hydroxylation is 1. The van der Waals surface area contributed by atoms with E-state index < -0.39 is 23.1 Å². The molecule has 0 amide bonds. The van der Waals surface area contributed by atoms with E-state index in [1.807, 2.05) is 10.9 Å². The van der Waals surface area contributed by atoms with Crippen LogP contribution in [0.3, 0.4) is 0 Å². The Bertz CT molecular complexity index is 1560. The minimum absolute atomic E-state index is 0.0287. The number of halogens is 4. The van der Waals surface area contributed by atoms with Gasteiger partial charge in [0.15, 0.2) is 0 Å². The summed E-state index contributed by atoms with van der Waals surface area (Å²) in [6.07, 6.45) is 3.44. The van der Waals surface area contributed by atoms with Crippen LogP contribution in [0.15, 0.2) is 41.6 Å². The lowest BCUT2D eigenvalue weighted by Crippen LogP contribution is -2.24. The maximum Gasteiger partial charge on any atom is 0.416 e. The Labute approximate surface area is 207 Å². The molecule has 0 N–H and O–H groups in total. The zero-order valence-electron chi connectivity index (χ0n) is 19.7. The molecule has 8 nitrogen and oxygen atoms in total. The predicted octanol–water partition coefficient (Wildman–Crippen LogP) is 4.72. The number of nitrogens with zero attached hydrogens (tertiary/aromatic N) is 6. The molecule has 4 aromatic rings. The van der Waals surface area contributed by atoms with Gasteiger partial charge in [-0.05, 0) is 43.9 Å². The van der Waals surface area contributed by atoms with Gasteiger partial charge in [-0.3, -0.25) is 9.48 Å². The molecule has 1 aromatic carbocycles. The molecule has 12 heteroatoms. The van der Waals surface area contributed by atoms with E-state index in [9.17, 15) is 18.0 Å². The molecule has 0 bridgehead atoms. The van der Waals surface area contributed by atoms with Crippen LogP contribution in [0.25, 0.3) is 22.2 Å². The summed E-state index contributed by atoms with van der Waals surface area (Å²) in [5.41, 5.74) is -0.788. The lowest BCUT2D eigenvalue weighted by molar-refractivity contribution is -0.137. The van der Waals surface area contributed by atoms with Crippen molar-refractivity contribution < 1.29 is 22.3 Å². The summed E-state index contributed by atoms with van der Waals surface area (Å²) in [6, 6.07) is 2.69. The summed E-state index contributed by atoms with van der Waals surface area (Å²) in [4.78, 5) is 22.0. The second kappa shape index (κ2) is 8.72. The van der Waals surface area contributed by atoms with Gasteiger partial charge in [-0.2, -0.15) is 23.4 Å². The number of benzene rings is 1. The van der Waals surface area contributed by atoms with E-state index in [4.69, 9.17) is 4.74 Å². The fraction of sp³-hybridized carbons (Fsp3) is 0.400. The van der Waals surface area contributed by atoms with Crippen molar-refractivity contribution in [1.29, 1.82) is 0 Å². The highest BCUT2D eigenvalue weighted by molar-refractivity contribution is 5.91. The van der Waals surface area contributed by atoms with Gasteiger partial charge in [-0.25, -0.2) is 19.0 Å². The number of rotatable bonds is 4. The fourth-order valence-electron chi connectivity index (χ4n) is 4.71. The molecule has 0 spiro atoms. The molecule has 6 rings (SSSR count). The van der Waals surface area contributed by atoms with Gasteiger partial charge in [0.05, 0.1) is 41.2 Å². The minimum Gasteiger partial charge on any atom is -0.373 e. The number of ether oxygens (including phenoxy) is 1. The second-order valence-corrected chi connectivity index (χ2v) is 9.52. The van der Waals surface area contributed by atoms with Gasteiger partial charge < -0.3 is 4.74 Å². The molecule has 1 saturated carbocycles. The third-order valence-electron chi connectivity index (χ3n) is 6.93. The average Bonchev–Trinajstić information content (AvgIpc) is 3.61. The van der Waals surface area contributed by atoms with Crippen molar-refractivity contribution in [1.82, 2.24) is 29.5 Å². The van der Waals surface area contributed by atoms with Gasteiger partial charge in [-0.1, -0.05) is 0 Å². The maximum absolute atomic E-state index is 15.0. The Hall–Kier alpha value is -3.67. The van der Waals surface area contributed by atoms with Crippen LogP contribution in [0.4, 0.5) is 17.6 Å². The first-order chi connectivity index (χ1) is 17.7. The van der Waals surface area contributed by atoms with E-state index in [2.05, 4.69) is 20.2 Å². The minimum atomic E-state index is -4.69. The Balaban J connectivity index is 1.43. The highest BCUT2D eigenvalue weighted by atomic mass is 19.4. The molecule has 1 aliphatic heterocycles. The molecule has 2 atom stereocenters. The zero-order chi connectivity index (χ0) is 25.9. The summed E-state index contributed by atoms with van der Waals surface area (Å²) in [7, 11) is 1.46. The van der Waals surface area contributed by atoms with Crippen LogP contribution >= 0.6 is 0 Å². The van der Waals surface area contributed by atoms with Gasteiger partial charge in [0.1, 0.15) is 17.2 Å². The highest BCUT2D eigenvalue weighted by Gasteiger charge is 2.33. The third-order valence-corrected chi connectivity index (χ3v) is 6.93. The second-order valence-electron chi connectivity index (χ2n) is 9.52. The van der Waals surface area contributed by atoms with Gasteiger partial charge in [0.25, 0.3) is 5.56 Å². The maximum atomic E-state index is 15.0. The fourth-order valence-corrected chi connectivity index (χ4v) is 4.71. The topological polar surface area (TPSA) is 87.7 Å². The first-order valence-electron chi connectivity index (χ1n) is 12.0. The zero-order valence-corrected chi connectivity index (χ0v) is 19.7. The average molecular weight is 514 g/mol. The van der Waals surface area contributed by atoms with Crippen LogP contribution in [0.1, 0.15) is 60.7 Å². The lowest BCUT2D eigenvalue weighted by Gasteiger charge is -2.28. The molecule has 4 heterocycles. The van der Waals surface area contributed by atoms with Gasteiger partial charge in [0, 0.05) is 36.9 Å². The lowest BCUT2D eigenvalue weighted by atomic mass is 9.92.